The van der Waals surface area contributed by atoms with Gasteiger partial charge < -0.3 is 24.8 Å². The summed E-state index contributed by atoms with van der Waals surface area (Å²) < 4.78 is 16.6. The van der Waals surface area contributed by atoms with Crippen molar-refractivity contribution >= 4 is 5.96 Å². The molecule has 0 radical (unpaired) electrons. The quantitative estimate of drug-likeness (QED) is 0.363. The molecule has 0 aliphatic heterocycles. The summed E-state index contributed by atoms with van der Waals surface area (Å²) in [6, 6.07) is 14.3. The van der Waals surface area contributed by atoms with Gasteiger partial charge in [0.1, 0.15) is 18.1 Å². The maximum Gasteiger partial charge on any atom is 0.191 e. The smallest absolute Gasteiger partial charge is 0.191 e. The number of nitrogens with one attached hydrogen (secondary N) is 2. The summed E-state index contributed by atoms with van der Waals surface area (Å²) in [4.78, 5) is 4.32. The SMILES string of the molecule is CN=C(NCc1cccc(OCCOC)c1)NCc1ccc(C)cc1OC(C)C. The lowest BCUT2D eigenvalue weighted by Gasteiger charge is -2.17. The molecular weight excluding hydrogens is 366 g/mol. The van der Waals surface area contributed by atoms with E-state index in [9.17, 15) is 0 Å². The summed E-state index contributed by atoms with van der Waals surface area (Å²) in [7, 11) is 3.43. The van der Waals surface area contributed by atoms with E-state index in [0.717, 1.165) is 28.6 Å². The average Bonchev–Trinajstić information content (AvgIpc) is 2.69. The minimum absolute atomic E-state index is 0.131. The van der Waals surface area contributed by atoms with E-state index in [0.29, 0.717) is 26.3 Å². The molecule has 2 aromatic rings. The zero-order valence-electron chi connectivity index (χ0n) is 18.1. The summed E-state index contributed by atoms with van der Waals surface area (Å²) in [5, 5.41) is 6.70. The first-order valence-electron chi connectivity index (χ1n) is 9.93. The maximum atomic E-state index is 5.95. The second kappa shape index (κ2) is 12.0. The van der Waals surface area contributed by atoms with Crippen LogP contribution in [0.25, 0.3) is 0 Å². The Kier molecular flexibility index (Phi) is 9.31. The predicted molar refractivity (Wildman–Crippen MR) is 118 cm³/mol. The van der Waals surface area contributed by atoms with Crippen LogP contribution in [0.15, 0.2) is 47.5 Å². The van der Waals surface area contributed by atoms with Gasteiger partial charge in [0.05, 0.1) is 12.7 Å². The van der Waals surface area contributed by atoms with Gasteiger partial charge in [0.15, 0.2) is 5.96 Å². The van der Waals surface area contributed by atoms with E-state index in [1.165, 1.54) is 5.56 Å². The zero-order valence-corrected chi connectivity index (χ0v) is 18.1. The molecule has 0 atom stereocenters. The minimum Gasteiger partial charge on any atom is -0.491 e. The topological polar surface area (TPSA) is 64.1 Å². The lowest BCUT2D eigenvalue weighted by Crippen LogP contribution is -2.36. The lowest BCUT2D eigenvalue weighted by molar-refractivity contribution is 0.146. The average molecular weight is 400 g/mol. The Hall–Kier alpha value is -2.73. The molecule has 2 aromatic carbocycles. The first kappa shape index (κ1) is 22.6. The summed E-state index contributed by atoms with van der Waals surface area (Å²) in [6.45, 7) is 8.51. The van der Waals surface area contributed by atoms with Crippen molar-refractivity contribution in [1.29, 1.82) is 0 Å². The van der Waals surface area contributed by atoms with Crippen LogP contribution in [-0.2, 0) is 17.8 Å². The molecule has 0 aromatic heterocycles. The third kappa shape index (κ3) is 8.03. The van der Waals surface area contributed by atoms with E-state index in [1.54, 1.807) is 14.2 Å². The molecule has 2 N–H and O–H groups in total. The largest absolute Gasteiger partial charge is 0.491 e. The van der Waals surface area contributed by atoms with E-state index in [4.69, 9.17) is 14.2 Å². The van der Waals surface area contributed by atoms with Gasteiger partial charge in [-0.15, -0.1) is 0 Å². The highest BCUT2D eigenvalue weighted by molar-refractivity contribution is 5.79. The number of ether oxygens (including phenoxy) is 3. The monoisotopic (exact) mass is 399 g/mol. The molecule has 0 aliphatic carbocycles. The van der Waals surface area contributed by atoms with Crippen LogP contribution in [0.3, 0.4) is 0 Å². The van der Waals surface area contributed by atoms with Gasteiger partial charge in [-0.3, -0.25) is 4.99 Å². The second-order valence-corrected chi connectivity index (χ2v) is 7.05. The van der Waals surface area contributed by atoms with Crippen LogP contribution in [0.5, 0.6) is 11.5 Å². The van der Waals surface area contributed by atoms with Gasteiger partial charge in [0.25, 0.3) is 0 Å². The fourth-order valence-corrected chi connectivity index (χ4v) is 2.74. The van der Waals surface area contributed by atoms with E-state index < -0.39 is 0 Å². The molecule has 6 nitrogen and oxygen atoms in total. The molecule has 0 unspecified atom stereocenters. The first-order valence-corrected chi connectivity index (χ1v) is 9.93. The summed E-state index contributed by atoms with van der Waals surface area (Å²) in [5.74, 6) is 2.47. The van der Waals surface area contributed by atoms with Crippen molar-refractivity contribution in [3.8, 4) is 11.5 Å². The van der Waals surface area contributed by atoms with Crippen molar-refractivity contribution < 1.29 is 14.2 Å². The molecule has 29 heavy (non-hydrogen) atoms. The molecule has 0 amide bonds. The van der Waals surface area contributed by atoms with Crippen molar-refractivity contribution in [2.45, 2.75) is 40.0 Å². The van der Waals surface area contributed by atoms with Crippen LogP contribution in [0, 0.1) is 6.92 Å². The first-order chi connectivity index (χ1) is 14.0. The van der Waals surface area contributed by atoms with Crippen molar-refractivity contribution in [1.82, 2.24) is 10.6 Å². The molecule has 0 aliphatic rings. The Bertz CT molecular complexity index is 791. The highest BCUT2D eigenvalue weighted by Gasteiger charge is 2.08. The molecule has 0 bridgehead atoms. The van der Waals surface area contributed by atoms with Gasteiger partial charge in [0, 0.05) is 32.8 Å². The number of methoxy groups -OCH3 is 1. The Morgan fingerprint density at radius 2 is 1.83 bits per heavy atom. The van der Waals surface area contributed by atoms with Crippen molar-refractivity contribution in [3.05, 3.63) is 59.2 Å². The van der Waals surface area contributed by atoms with Gasteiger partial charge in [-0.2, -0.15) is 0 Å². The molecule has 0 heterocycles. The number of rotatable bonds is 10. The molecule has 0 saturated carbocycles. The second-order valence-electron chi connectivity index (χ2n) is 7.05. The van der Waals surface area contributed by atoms with Crippen LogP contribution < -0.4 is 20.1 Å². The molecular formula is C23H33N3O3. The standard InChI is InChI=1S/C23H33N3O3/c1-17(2)29-22-13-18(3)9-10-20(22)16-26-23(24-4)25-15-19-7-6-8-21(14-19)28-12-11-27-5/h6-10,13-14,17H,11-12,15-16H2,1-5H3,(H2,24,25,26). The number of guanidine groups is 1. The van der Waals surface area contributed by atoms with E-state index in [2.05, 4.69) is 46.8 Å². The molecule has 0 fully saturated rings. The van der Waals surface area contributed by atoms with Crippen LogP contribution >= 0.6 is 0 Å². The number of aliphatic imine (C=N–C) groups is 1. The van der Waals surface area contributed by atoms with E-state index in [-0.39, 0.29) is 6.10 Å². The number of nitrogens with zero attached hydrogens (tertiary/aromatic N) is 1. The third-order valence-corrected chi connectivity index (χ3v) is 4.17. The highest BCUT2D eigenvalue weighted by atomic mass is 16.5. The molecule has 0 saturated heterocycles. The van der Waals surface area contributed by atoms with Gasteiger partial charge >= 0.3 is 0 Å². The van der Waals surface area contributed by atoms with Crippen molar-refractivity contribution in [2.75, 3.05) is 27.4 Å². The number of benzene rings is 2. The molecule has 2 rings (SSSR count). The molecule has 6 heteroatoms. The van der Waals surface area contributed by atoms with Crippen LogP contribution in [0.1, 0.15) is 30.5 Å². The molecule has 0 spiro atoms. The van der Waals surface area contributed by atoms with E-state index >= 15 is 0 Å². The summed E-state index contributed by atoms with van der Waals surface area (Å²) in [6.07, 6.45) is 0.131. The number of hydrogen-bond acceptors (Lipinski definition) is 4. The van der Waals surface area contributed by atoms with Gasteiger partial charge in [0.2, 0.25) is 0 Å². The summed E-state index contributed by atoms with van der Waals surface area (Å²) >= 11 is 0. The zero-order chi connectivity index (χ0) is 21.1. The van der Waals surface area contributed by atoms with Gasteiger partial charge in [-0.25, -0.2) is 0 Å². The lowest BCUT2D eigenvalue weighted by atomic mass is 10.1. The third-order valence-electron chi connectivity index (χ3n) is 4.17. The van der Waals surface area contributed by atoms with Gasteiger partial charge in [-0.05, 0) is 50.1 Å². The highest BCUT2D eigenvalue weighted by Crippen LogP contribution is 2.21. The Morgan fingerprint density at radius 3 is 2.55 bits per heavy atom. The van der Waals surface area contributed by atoms with E-state index in [1.807, 2.05) is 32.0 Å². The van der Waals surface area contributed by atoms with Gasteiger partial charge in [-0.1, -0.05) is 24.3 Å². The van der Waals surface area contributed by atoms with Crippen LogP contribution in [-0.4, -0.2) is 39.4 Å². The fourth-order valence-electron chi connectivity index (χ4n) is 2.74. The Morgan fingerprint density at radius 1 is 1.03 bits per heavy atom. The number of aryl methyl sites for hydroxylation is 1. The fraction of sp³-hybridized carbons (Fsp3) is 0.435. The van der Waals surface area contributed by atoms with Crippen molar-refractivity contribution in [2.24, 2.45) is 4.99 Å². The Labute approximate surface area is 174 Å². The van der Waals surface area contributed by atoms with Crippen LogP contribution in [0.4, 0.5) is 0 Å². The van der Waals surface area contributed by atoms with Crippen molar-refractivity contribution in [3.63, 3.8) is 0 Å². The molecule has 158 valence electrons. The predicted octanol–water partition coefficient (Wildman–Crippen LogP) is 3.67. The maximum absolute atomic E-state index is 5.95. The number of hydrogen-bond donors (Lipinski definition) is 2. The minimum atomic E-state index is 0.131. The van der Waals surface area contributed by atoms with Crippen LogP contribution in [0.2, 0.25) is 0 Å². The summed E-state index contributed by atoms with van der Waals surface area (Å²) in [5.41, 5.74) is 3.39. The Balaban J connectivity index is 1.91. The normalized spacial score (nSPS) is 11.4.